The van der Waals surface area contributed by atoms with Gasteiger partial charge in [0.15, 0.2) is 5.78 Å². The molecule has 0 aliphatic rings. The van der Waals surface area contributed by atoms with E-state index in [1.54, 1.807) is 18.2 Å². The summed E-state index contributed by atoms with van der Waals surface area (Å²) in [6.07, 6.45) is 4.75. The zero-order valence-corrected chi connectivity index (χ0v) is 8.07. The average molecular weight is 188 g/mol. The Morgan fingerprint density at radius 2 is 2.07 bits per heavy atom. The Kier molecular flexibility index (Phi) is 3.80. The monoisotopic (exact) mass is 188 g/mol. The maximum Gasteiger partial charge on any atom is 0.160 e. The van der Waals surface area contributed by atoms with Crippen LogP contribution < -0.4 is 0 Å². The van der Waals surface area contributed by atoms with E-state index in [1.807, 2.05) is 18.2 Å². The molecule has 1 aromatic rings. The molecule has 0 saturated carbocycles. The minimum atomic E-state index is 0.0383. The van der Waals surface area contributed by atoms with Crippen molar-refractivity contribution in [2.45, 2.75) is 13.3 Å². The molecule has 0 saturated heterocycles. The van der Waals surface area contributed by atoms with Crippen LogP contribution in [0, 0.1) is 0 Å². The predicted molar refractivity (Wildman–Crippen MR) is 56.2 cm³/mol. The lowest BCUT2D eigenvalue weighted by molar-refractivity contribution is -0.107. The van der Waals surface area contributed by atoms with Crippen LogP contribution in [0.3, 0.4) is 0 Å². The molecule has 0 fully saturated rings. The van der Waals surface area contributed by atoms with Crippen molar-refractivity contribution in [3.63, 3.8) is 0 Å². The average Bonchev–Trinajstić information content (AvgIpc) is 2.19. The van der Waals surface area contributed by atoms with Crippen LogP contribution >= 0.6 is 0 Å². The molecular weight excluding hydrogens is 176 g/mol. The number of rotatable bonds is 4. The van der Waals surface area contributed by atoms with E-state index in [0.717, 1.165) is 11.8 Å². The van der Waals surface area contributed by atoms with Gasteiger partial charge in [-0.05, 0) is 12.5 Å². The molecule has 0 unspecified atom stereocenters. The van der Waals surface area contributed by atoms with Crippen molar-refractivity contribution in [3.8, 4) is 0 Å². The number of ketones is 1. The first-order chi connectivity index (χ1) is 6.75. The Morgan fingerprint density at radius 3 is 2.71 bits per heavy atom. The molecule has 1 aromatic carbocycles. The van der Waals surface area contributed by atoms with Crippen LogP contribution in [-0.4, -0.2) is 12.1 Å². The lowest BCUT2D eigenvalue weighted by Gasteiger charge is -2.00. The summed E-state index contributed by atoms with van der Waals surface area (Å²) in [6.45, 7) is 1.53. The molecule has 0 atom stereocenters. The Balaban J connectivity index is 2.95. The molecule has 0 aliphatic heterocycles. The van der Waals surface area contributed by atoms with E-state index in [1.165, 1.54) is 6.92 Å². The lowest BCUT2D eigenvalue weighted by Crippen LogP contribution is -1.94. The Hall–Kier alpha value is -1.70. The molecule has 0 heterocycles. The largest absolute Gasteiger partial charge is 0.303 e. The Labute approximate surface area is 83.3 Å². The van der Waals surface area contributed by atoms with E-state index >= 15 is 0 Å². The number of aldehydes is 1. The third kappa shape index (κ3) is 2.66. The fraction of sp³-hybridized carbons (Fsp3) is 0.167. The van der Waals surface area contributed by atoms with Crippen LogP contribution in [0.25, 0.3) is 6.08 Å². The van der Waals surface area contributed by atoms with Gasteiger partial charge < -0.3 is 4.79 Å². The zero-order valence-electron chi connectivity index (χ0n) is 8.07. The number of hydrogen-bond acceptors (Lipinski definition) is 2. The number of carbonyl (C=O) groups excluding carboxylic acids is 2. The van der Waals surface area contributed by atoms with Crippen LogP contribution in [0.15, 0.2) is 30.3 Å². The van der Waals surface area contributed by atoms with Gasteiger partial charge >= 0.3 is 0 Å². The first-order valence-electron chi connectivity index (χ1n) is 4.46. The van der Waals surface area contributed by atoms with Crippen molar-refractivity contribution in [3.05, 3.63) is 41.5 Å². The summed E-state index contributed by atoms with van der Waals surface area (Å²) in [7, 11) is 0. The molecule has 0 aliphatic carbocycles. The van der Waals surface area contributed by atoms with Crippen molar-refractivity contribution < 1.29 is 9.59 Å². The molecule has 72 valence electrons. The fourth-order valence-corrected chi connectivity index (χ4v) is 1.21. The molecule has 2 nitrogen and oxygen atoms in total. The van der Waals surface area contributed by atoms with Crippen molar-refractivity contribution in [1.29, 1.82) is 0 Å². The van der Waals surface area contributed by atoms with Gasteiger partial charge in [0.2, 0.25) is 0 Å². The van der Waals surface area contributed by atoms with Gasteiger partial charge in [-0.15, -0.1) is 0 Å². The van der Waals surface area contributed by atoms with Gasteiger partial charge in [0.25, 0.3) is 0 Å². The van der Waals surface area contributed by atoms with Gasteiger partial charge in [-0.25, -0.2) is 0 Å². The second-order valence-corrected chi connectivity index (χ2v) is 2.95. The molecule has 14 heavy (non-hydrogen) atoms. The van der Waals surface area contributed by atoms with E-state index in [2.05, 4.69) is 0 Å². The van der Waals surface area contributed by atoms with Crippen LogP contribution in [0.2, 0.25) is 0 Å². The third-order valence-electron chi connectivity index (χ3n) is 1.87. The standard InChI is InChI=1S/C12H12O2/c1-10(14)12-8-3-2-6-11(12)7-4-5-9-13/h2-4,6-9H,5H2,1H3. The highest BCUT2D eigenvalue weighted by Gasteiger charge is 2.02. The molecule has 0 amide bonds. The van der Waals surface area contributed by atoms with Crippen molar-refractivity contribution in [2.75, 3.05) is 0 Å². The van der Waals surface area contributed by atoms with E-state index in [9.17, 15) is 9.59 Å². The van der Waals surface area contributed by atoms with E-state index in [0.29, 0.717) is 12.0 Å². The molecule has 0 aromatic heterocycles. The summed E-state index contributed by atoms with van der Waals surface area (Å²) in [4.78, 5) is 21.3. The van der Waals surface area contributed by atoms with Gasteiger partial charge in [-0.2, -0.15) is 0 Å². The number of benzene rings is 1. The minimum absolute atomic E-state index is 0.0383. The van der Waals surface area contributed by atoms with Crippen molar-refractivity contribution in [1.82, 2.24) is 0 Å². The summed E-state index contributed by atoms with van der Waals surface area (Å²) in [5.74, 6) is 0.0383. The molecule has 0 bridgehead atoms. The molecule has 0 spiro atoms. The SMILES string of the molecule is CC(=O)c1ccccc1C=CCC=O. The summed E-state index contributed by atoms with van der Waals surface area (Å²) < 4.78 is 0. The summed E-state index contributed by atoms with van der Waals surface area (Å²) >= 11 is 0. The summed E-state index contributed by atoms with van der Waals surface area (Å²) in [5.41, 5.74) is 1.55. The lowest BCUT2D eigenvalue weighted by atomic mass is 10.0. The van der Waals surface area contributed by atoms with Crippen LogP contribution in [0.4, 0.5) is 0 Å². The van der Waals surface area contributed by atoms with E-state index in [-0.39, 0.29) is 5.78 Å². The number of allylic oxidation sites excluding steroid dienone is 1. The highest BCUT2D eigenvalue weighted by molar-refractivity contribution is 5.97. The highest BCUT2D eigenvalue weighted by Crippen LogP contribution is 2.11. The first kappa shape index (κ1) is 10.4. The van der Waals surface area contributed by atoms with Crippen LogP contribution in [0.1, 0.15) is 29.3 Å². The molecular formula is C12H12O2. The van der Waals surface area contributed by atoms with Gasteiger partial charge in [0.1, 0.15) is 6.29 Å². The van der Waals surface area contributed by atoms with Gasteiger partial charge in [-0.3, -0.25) is 4.79 Å². The van der Waals surface area contributed by atoms with Gasteiger partial charge in [0, 0.05) is 12.0 Å². The fourth-order valence-electron chi connectivity index (χ4n) is 1.21. The summed E-state index contributed by atoms with van der Waals surface area (Å²) in [6, 6.07) is 7.34. The number of hydrogen-bond donors (Lipinski definition) is 0. The van der Waals surface area contributed by atoms with E-state index < -0.39 is 0 Å². The smallest absolute Gasteiger partial charge is 0.160 e. The first-order valence-corrected chi connectivity index (χ1v) is 4.46. The molecule has 2 heteroatoms. The summed E-state index contributed by atoms with van der Waals surface area (Å²) in [5, 5.41) is 0. The minimum Gasteiger partial charge on any atom is -0.303 e. The zero-order chi connectivity index (χ0) is 10.4. The predicted octanol–water partition coefficient (Wildman–Crippen LogP) is 2.49. The Bertz CT molecular complexity index is 364. The van der Waals surface area contributed by atoms with Crippen molar-refractivity contribution in [2.24, 2.45) is 0 Å². The molecule has 1 rings (SSSR count). The third-order valence-corrected chi connectivity index (χ3v) is 1.87. The molecule has 0 N–H and O–H groups in total. The van der Waals surface area contributed by atoms with Crippen LogP contribution in [-0.2, 0) is 4.79 Å². The quantitative estimate of drug-likeness (QED) is 0.537. The number of Topliss-reactive ketones (excluding diaryl/α,β-unsaturated/α-hetero) is 1. The van der Waals surface area contributed by atoms with E-state index in [4.69, 9.17) is 0 Å². The topological polar surface area (TPSA) is 34.1 Å². The van der Waals surface area contributed by atoms with Crippen LogP contribution in [0.5, 0.6) is 0 Å². The normalized spacial score (nSPS) is 10.4. The number of carbonyl (C=O) groups is 2. The second kappa shape index (κ2) is 5.12. The molecule has 0 radical (unpaired) electrons. The second-order valence-electron chi connectivity index (χ2n) is 2.95. The maximum atomic E-state index is 11.2. The van der Waals surface area contributed by atoms with Gasteiger partial charge in [0.05, 0.1) is 0 Å². The van der Waals surface area contributed by atoms with Gasteiger partial charge in [-0.1, -0.05) is 36.4 Å². The highest BCUT2D eigenvalue weighted by atomic mass is 16.1. The Morgan fingerprint density at radius 1 is 1.36 bits per heavy atom. The van der Waals surface area contributed by atoms with Crippen molar-refractivity contribution >= 4 is 18.1 Å². The maximum absolute atomic E-state index is 11.2.